The lowest BCUT2D eigenvalue weighted by atomic mass is 10.2. The van der Waals surface area contributed by atoms with Crippen LogP contribution in [0.3, 0.4) is 0 Å². The Morgan fingerprint density at radius 2 is 1.76 bits per heavy atom. The first-order valence-electron chi connectivity index (χ1n) is 6.34. The highest BCUT2D eigenvalue weighted by Crippen LogP contribution is 2.27. The number of nitrogens with one attached hydrogen (secondary N) is 1. The Morgan fingerprint density at radius 3 is 2.38 bits per heavy atom. The lowest BCUT2D eigenvalue weighted by molar-refractivity contribution is 0.318. The molecule has 2 rings (SSSR count). The average molecular weight is 297 g/mol. The standard InChI is InChI=1S/C15H14F3NO2/c1-2-21-14-5-9(3-4-13(14)20)8-19-15-11(17)6-10(16)7-12(15)18/h3-7,19-20H,2,8H2,1H3. The zero-order valence-corrected chi connectivity index (χ0v) is 11.3. The molecule has 6 heteroatoms. The van der Waals surface area contributed by atoms with Crippen LogP contribution in [0.5, 0.6) is 11.5 Å². The molecule has 0 amide bonds. The van der Waals surface area contributed by atoms with E-state index in [0.29, 0.717) is 24.3 Å². The van der Waals surface area contributed by atoms with Gasteiger partial charge in [-0.25, -0.2) is 13.2 Å². The second kappa shape index (κ2) is 6.39. The Morgan fingerprint density at radius 1 is 1.10 bits per heavy atom. The maximum absolute atomic E-state index is 13.5. The molecule has 0 aromatic heterocycles. The quantitative estimate of drug-likeness (QED) is 0.881. The number of hydrogen-bond acceptors (Lipinski definition) is 3. The lowest BCUT2D eigenvalue weighted by Gasteiger charge is -2.11. The first-order chi connectivity index (χ1) is 10.0. The molecule has 0 radical (unpaired) electrons. The number of phenolic OH excluding ortho intramolecular Hbond substituents is 1. The average Bonchev–Trinajstić information content (AvgIpc) is 2.41. The van der Waals surface area contributed by atoms with Crippen LogP contribution < -0.4 is 10.1 Å². The molecule has 0 unspecified atom stereocenters. The Balaban J connectivity index is 2.15. The van der Waals surface area contributed by atoms with E-state index in [1.807, 2.05) is 0 Å². The first kappa shape index (κ1) is 15.0. The summed E-state index contributed by atoms with van der Waals surface area (Å²) < 4.78 is 45.0. The Kier molecular flexibility index (Phi) is 4.57. The van der Waals surface area contributed by atoms with E-state index < -0.39 is 23.1 Å². The Labute approximate surface area is 120 Å². The fourth-order valence-corrected chi connectivity index (χ4v) is 1.84. The number of phenols is 1. The van der Waals surface area contributed by atoms with Crippen molar-refractivity contribution in [1.29, 1.82) is 0 Å². The number of hydrogen-bond donors (Lipinski definition) is 2. The molecular formula is C15H14F3NO2. The van der Waals surface area contributed by atoms with Crippen LogP contribution in [-0.2, 0) is 6.54 Å². The summed E-state index contributed by atoms with van der Waals surface area (Å²) in [5.74, 6) is -2.71. The van der Waals surface area contributed by atoms with Gasteiger partial charge in [-0.2, -0.15) is 0 Å². The Bertz CT molecular complexity index is 624. The second-order valence-electron chi connectivity index (χ2n) is 4.33. The molecule has 2 aromatic carbocycles. The van der Waals surface area contributed by atoms with Gasteiger partial charge in [0.15, 0.2) is 23.1 Å². The van der Waals surface area contributed by atoms with Gasteiger partial charge in [0.25, 0.3) is 0 Å². The molecule has 112 valence electrons. The van der Waals surface area contributed by atoms with Gasteiger partial charge in [0.2, 0.25) is 0 Å². The molecule has 0 aliphatic heterocycles. The summed E-state index contributed by atoms with van der Waals surface area (Å²) >= 11 is 0. The van der Waals surface area contributed by atoms with Crippen molar-refractivity contribution >= 4 is 5.69 Å². The minimum absolute atomic E-state index is 0.0141. The van der Waals surface area contributed by atoms with E-state index in [-0.39, 0.29) is 18.0 Å². The smallest absolute Gasteiger partial charge is 0.161 e. The molecule has 0 fully saturated rings. The van der Waals surface area contributed by atoms with Gasteiger partial charge in [-0.05, 0) is 24.6 Å². The number of halogens is 3. The monoisotopic (exact) mass is 297 g/mol. The van der Waals surface area contributed by atoms with Crippen molar-refractivity contribution in [3.63, 3.8) is 0 Å². The third kappa shape index (κ3) is 3.59. The van der Waals surface area contributed by atoms with Crippen molar-refractivity contribution in [1.82, 2.24) is 0 Å². The molecule has 0 aliphatic carbocycles. The first-order valence-corrected chi connectivity index (χ1v) is 6.34. The van der Waals surface area contributed by atoms with Crippen molar-refractivity contribution in [3.8, 4) is 11.5 Å². The normalized spacial score (nSPS) is 10.5. The highest BCUT2D eigenvalue weighted by Gasteiger charge is 2.11. The van der Waals surface area contributed by atoms with E-state index in [2.05, 4.69) is 5.32 Å². The highest BCUT2D eigenvalue weighted by molar-refractivity contribution is 5.48. The Hall–Kier alpha value is -2.37. The van der Waals surface area contributed by atoms with Crippen molar-refractivity contribution in [2.24, 2.45) is 0 Å². The number of anilines is 1. The van der Waals surface area contributed by atoms with Gasteiger partial charge >= 0.3 is 0 Å². The second-order valence-corrected chi connectivity index (χ2v) is 4.33. The summed E-state index contributed by atoms with van der Waals surface area (Å²) in [5, 5.41) is 12.1. The molecule has 0 saturated carbocycles. The fraction of sp³-hybridized carbons (Fsp3) is 0.200. The predicted molar refractivity (Wildman–Crippen MR) is 72.9 cm³/mol. The molecule has 3 nitrogen and oxygen atoms in total. The molecule has 0 saturated heterocycles. The summed E-state index contributed by atoms with van der Waals surface area (Å²) in [4.78, 5) is 0. The van der Waals surface area contributed by atoms with Gasteiger partial charge < -0.3 is 15.2 Å². The van der Waals surface area contributed by atoms with Gasteiger partial charge in [0, 0.05) is 18.7 Å². The van der Waals surface area contributed by atoms with Crippen LogP contribution in [0.2, 0.25) is 0 Å². The van der Waals surface area contributed by atoms with Gasteiger partial charge in [-0.1, -0.05) is 6.07 Å². The molecule has 0 heterocycles. The van der Waals surface area contributed by atoms with Gasteiger partial charge in [-0.3, -0.25) is 0 Å². The summed E-state index contributed by atoms with van der Waals surface area (Å²) in [6, 6.07) is 5.79. The van der Waals surface area contributed by atoms with Crippen LogP contribution in [0.4, 0.5) is 18.9 Å². The van der Waals surface area contributed by atoms with E-state index in [1.54, 1.807) is 19.1 Å². The molecule has 0 aliphatic rings. The molecule has 21 heavy (non-hydrogen) atoms. The lowest BCUT2D eigenvalue weighted by Crippen LogP contribution is -2.05. The van der Waals surface area contributed by atoms with E-state index in [4.69, 9.17) is 4.74 Å². The van der Waals surface area contributed by atoms with E-state index in [9.17, 15) is 18.3 Å². The SMILES string of the molecule is CCOc1cc(CNc2c(F)cc(F)cc2F)ccc1O. The van der Waals surface area contributed by atoms with Crippen molar-refractivity contribution in [2.75, 3.05) is 11.9 Å². The molecule has 2 aromatic rings. The van der Waals surface area contributed by atoms with Crippen LogP contribution in [0.1, 0.15) is 12.5 Å². The predicted octanol–water partition coefficient (Wildman–Crippen LogP) is 3.82. The number of rotatable bonds is 5. The number of benzene rings is 2. The van der Waals surface area contributed by atoms with Gasteiger partial charge in [-0.15, -0.1) is 0 Å². The minimum atomic E-state index is -1.00. The summed E-state index contributed by atoms with van der Waals surface area (Å²) in [6.07, 6.45) is 0. The fourth-order valence-electron chi connectivity index (χ4n) is 1.84. The van der Waals surface area contributed by atoms with E-state index in [1.165, 1.54) is 6.07 Å². The van der Waals surface area contributed by atoms with Crippen LogP contribution >= 0.6 is 0 Å². The van der Waals surface area contributed by atoms with Gasteiger partial charge in [0.1, 0.15) is 11.5 Å². The zero-order chi connectivity index (χ0) is 15.4. The van der Waals surface area contributed by atoms with Crippen LogP contribution in [0, 0.1) is 17.5 Å². The van der Waals surface area contributed by atoms with Gasteiger partial charge in [0.05, 0.1) is 6.61 Å². The summed E-state index contributed by atoms with van der Waals surface area (Å²) in [6.45, 7) is 2.25. The van der Waals surface area contributed by atoms with Crippen LogP contribution in [0.25, 0.3) is 0 Å². The molecule has 0 bridgehead atoms. The largest absolute Gasteiger partial charge is 0.504 e. The van der Waals surface area contributed by atoms with Crippen LogP contribution in [-0.4, -0.2) is 11.7 Å². The third-order valence-corrected chi connectivity index (χ3v) is 2.80. The maximum Gasteiger partial charge on any atom is 0.161 e. The summed E-state index contributed by atoms with van der Waals surface area (Å²) in [7, 11) is 0. The minimum Gasteiger partial charge on any atom is -0.504 e. The summed E-state index contributed by atoms with van der Waals surface area (Å²) in [5.41, 5.74) is 0.252. The molecule has 2 N–H and O–H groups in total. The molecular weight excluding hydrogens is 283 g/mol. The number of ether oxygens (including phenoxy) is 1. The number of aromatic hydroxyl groups is 1. The zero-order valence-electron chi connectivity index (χ0n) is 11.3. The van der Waals surface area contributed by atoms with Crippen molar-refractivity contribution in [3.05, 3.63) is 53.3 Å². The van der Waals surface area contributed by atoms with Crippen molar-refractivity contribution < 1.29 is 23.0 Å². The third-order valence-electron chi connectivity index (χ3n) is 2.80. The van der Waals surface area contributed by atoms with Crippen LogP contribution in [0.15, 0.2) is 30.3 Å². The molecule has 0 atom stereocenters. The highest BCUT2D eigenvalue weighted by atomic mass is 19.1. The van der Waals surface area contributed by atoms with Crippen molar-refractivity contribution in [2.45, 2.75) is 13.5 Å². The maximum atomic E-state index is 13.5. The molecule has 0 spiro atoms. The topological polar surface area (TPSA) is 41.5 Å². The van der Waals surface area contributed by atoms with E-state index in [0.717, 1.165) is 0 Å². The van der Waals surface area contributed by atoms with E-state index >= 15 is 0 Å².